The van der Waals surface area contributed by atoms with E-state index in [-0.39, 0.29) is 18.4 Å². The van der Waals surface area contributed by atoms with Crippen LogP contribution in [0.1, 0.15) is 36.2 Å². The number of ketones is 1. The zero-order chi connectivity index (χ0) is 11.3. The van der Waals surface area contributed by atoms with Crippen LogP contribution in [0.5, 0.6) is 0 Å². The molecule has 80 valence electrons. The number of benzene rings is 1. The fraction of sp³-hybridized carbons (Fsp3) is 0.333. The van der Waals surface area contributed by atoms with Crippen LogP contribution < -0.4 is 0 Å². The summed E-state index contributed by atoms with van der Waals surface area (Å²) in [5, 5.41) is 0. The molecule has 0 saturated heterocycles. The standard InChI is InChI=1S/C12H14O3/c1-3-12(14)15-8-10-4-6-11(7-5-10)9(2)13/h4-7H,3,8H2,1-2H3. The van der Waals surface area contributed by atoms with Crippen LogP contribution in [0.2, 0.25) is 0 Å². The lowest BCUT2D eigenvalue weighted by atomic mass is 10.1. The molecule has 1 aromatic carbocycles. The van der Waals surface area contributed by atoms with Gasteiger partial charge in [-0.1, -0.05) is 31.2 Å². The summed E-state index contributed by atoms with van der Waals surface area (Å²) in [7, 11) is 0. The van der Waals surface area contributed by atoms with Gasteiger partial charge in [-0.3, -0.25) is 9.59 Å². The van der Waals surface area contributed by atoms with Crippen LogP contribution in [0, 0.1) is 0 Å². The van der Waals surface area contributed by atoms with E-state index in [9.17, 15) is 9.59 Å². The molecule has 3 heteroatoms. The van der Waals surface area contributed by atoms with E-state index < -0.39 is 0 Å². The summed E-state index contributed by atoms with van der Waals surface area (Å²) in [6.45, 7) is 3.54. The van der Waals surface area contributed by atoms with Gasteiger partial charge in [-0.2, -0.15) is 0 Å². The Morgan fingerprint density at radius 2 is 1.80 bits per heavy atom. The predicted octanol–water partition coefficient (Wildman–Crippen LogP) is 2.34. The van der Waals surface area contributed by atoms with Crippen molar-refractivity contribution in [2.75, 3.05) is 0 Å². The second kappa shape index (κ2) is 5.29. The quantitative estimate of drug-likeness (QED) is 0.561. The lowest BCUT2D eigenvalue weighted by Gasteiger charge is -2.03. The number of rotatable bonds is 4. The maximum atomic E-state index is 11.0. The van der Waals surface area contributed by atoms with Crippen LogP contribution in [0.4, 0.5) is 0 Å². The van der Waals surface area contributed by atoms with Crippen molar-refractivity contribution in [2.24, 2.45) is 0 Å². The minimum Gasteiger partial charge on any atom is -0.461 e. The van der Waals surface area contributed by atoms with Gasteiger partial charge in [-0.25, -0.2) is 0 Å². The Labute approximate surface area is 89.1 Å². The Hall–Kier alpha value is -1.64. The number of esters is 1. The molecule has 15 heavy (non-hydrogen) atoms. The molecule has 0 saturated carbocycles. The third kappa shape index (κ3) is 3.54. The first-order valence-electron chi connectivity index (χ1n) is 4.89. The van der Waals surface area contributed by atoms with E-state index in [0.717, 1.165) is 5.56 Å². The van der Waals surface area contributed by atoms with Crippen molar-refractivity contribution in [1.82, 2.24) is 0 Å². The average Bonchev–Trinajstić information content (AvgIpc) is 2.26. The van der Waals surface area contributed by atoms with Crippen molar-refractivity contribution in [1.29, 1.82) is 0 Å². The maximum Gasteiger partial charge on any atom is 0.305 e. The Bertz CT molecular complexity index is 352. The molecule has 1 rings (SSSR count). The number of hydrogen-bond donors (Lipinski definition) is 0. The Morgan fingerprint density at radius 1 is 1.20 bits per heavy atom. The minimum atomic E-state index is -0.217. The molecule has 3 nitrogen and oxygen atoms in total. The van der Waals surface area contributed by atoms with Gasteiger partial charge in [-0.15, -0.1) is 0 Å². The van der Waals surface area contributed by atoms with Gasteiger partial charge >= 0.3 is 5.97 Å². The van der Waals surface area contributed by atoms with Gasteiger partial charge in [0.05, 0.1) is 0 Å². The minimum absolute atomic E-state index is 0.0344. The first-order valence-corrected chi connectivity index (χ1v) is 4.89. The Morgan fingerprint density at radius 3 is 2.27 bits per heavy atom. The van der Waals surface area contributed by atoms with Crippen molar-refractivity contribution >= 4 is 11.8 Å². The van der Waals surface area contributed by atoms with Gasteiger partial charge in [-0.05, 0) is 12.5 Å². The van der Waals surface area contributed by atoms with Crippen molar-refractivity contribution in [2.45, 2.75) is 26.9 Å². The maximum absolute atomic E-state index is 11.0. The molecule has 0 N–H and O–H groups in total. The summed E-state index contributed by atoms with van der Waals surface area (Å²) in [6.07, 6.45) is 0.380. The zero-order valence-electron chi connectivity index (χ0n) is 8.95. The molecule has 0 aliphatic heterocycles. The number of carbonyl (C=O) groups is 2. The van der Waals surface area contributed by atoms with E-state index in [1.54, 1.807) is 31.2 Å². The molecule has 0 heterocycles. The highest BCUT2D eigenvalue weighted by Crippen LogP contribution is 2.06. The molecule has 0 atom stereocenters. The van der Waals surface area contributed by atoms with Gasteiger partial charge in [0.25, 0.3) is 0 Å². The van der Waals surface area contributed by atoms with Gasteiger partial charge < -0.3 is 4.74 Å². The molecule has 0 amide bonds. The summed E-state index contributed by atoms with van der Waals surface area (Å²) in [5.41, 5.74) is 1.56. The number of carbonyl (C=O) groups excluding carboxylic acids is 2. The highest BCUT2D eigenvalue weighted by Gasteiger charge is 2.01. The fourth-order valence-corrected chi connectivity index (χ4v) is 1.10. The van der Waals surface area contributed by atoms with E-state index in [0.29, 0.717) is 12.0 Å². The predicted molar refractivity (Wildman–Crippen MR) is 56.5 cm³/mol. The molecule has 1 aromatic rings. The van der Waals surface area contributed by atoms with E-state index >= 15 is 0 Å². The number of Topliss-reactive ketones (excluding diaryl/α,β-unsaturated/α-hetero) is 1. The molecule has 0 aromatic heterocycles. The van der Waals surface area contributed by atoms with Crippen molar-refractivity contribution in [3.05, 3.63) is 35.4 Å². The number of ether oxygens (including phenoxy) is 1. The van der Waals surface area contributed by atoms with Crippen molar-refractivity contribution in [3.8, 4) is 0 Å². The van der Waals surface area contributed by atoms with E-state index in [1.807, 2.05) is 0 Å². The second-order valence-electron chi connectivity index (χ2n) is 3.27. The summed E-state index contributed by atoms with van der Waals surface area (Å²) in [4.78, 5) is 21.9. The average molecular weight is 206 g/mol. The van der Waals surface area contributed by atoms with Crippen LogP contribution in [-0.4, -0.2) is 11.8 Å². The summed E-state index contributed by atoms with van der Waals surface area (Å²) in [5.74, 6) is -0.183. The molecular formula is C12H14O3. The second-order valence-corrected chi connectivity index (χ2v) is 3.27. The van der Waals surface area contributed by atoms with Crippen molar-refractivity contribution < 1.29 is 14.3 Å². The van der Waals surface area contributed by atoms with E-state index in [1.165, 1.54) is 6.92 Å². The molecule has 0 aliphatic carbocycles. The highest BCUT2D eigenvalue weighted by atomic mass is 16.5. The Balaban J connectivity index is 2.57. The lowest BCUT2D eigenvalue weighted by molar-refractivity contribution is -0.144. The molecular weight excluding hydrogens is 192 g/mol. The third-order valence-electron chi connectivity index (χ3n) is 2.05. The van der Waals surface area contributed by atoms with Crippen LogP contribution in [0.25, 0.3) is 0 Å². The zero-order valence-corrected chi connectivity index (χ0v) is 8.95. The van der Waals surface area contributed by atoms with Gasteiger partial charge in [0.2, 0.25) is 0 Å². The number of hydrogen-bond acceptors (Lipinski definition) is 3. The fourth-order valence-electron chi connectivity index (χ4n) is 1.10. The normalized spacial score (nSPS) is 9.73. The van der Waals surface area contributed by atoms with Crippen LogP contribution in [-0.2, 0) is 16.1 Å². The first-order chi connectivity index (χ1) is 7.13. The topological polar surface area (TPSA) is 43.4 Å². The molecule has 0 aliphatic rings. The first kappa shape index (κ1) is 11.4. The van der Waals surface area contributed by atoms with Crippen LogP contribution in [0.15, 0.2) is 24.3 Å². The summed E-state index contributed by atoms with van der Waals surface area (Å²) in [6, 6.07) is 7.05. The van der Waals surface area contributed by atoms with E-state index in [2.05, 4.69) is 0 Å². The molecule has 0 bridgehead atoms. The monoisotopic (exact) mass is 206 g/mol. The van der Waals surface area contributed by atoms with Crippen LogP contribution in [0.3, 0.4) is 0 Å². The third-order valence-corrected chi connectivity index (χ3v) is 2.05. The van der Waals surface area contributed by atoms with Crippen molar-refractivity contribution in [3.63, 3.8) is 0 Å². The van der Waals surface area contributed by atoms with Gasteiger partial charge in [0.15, 0.2) is 5.78 Å². The lowest BCUT2D eigenvalue weighted by Crippen LogP contribution is -2.02. The Kier molecular flexibility index (Phi) is 4.03. The SMILES string of the molecule is CCC(=O)OCc1ccc(C(C)=O)cc1. The van der Waals surface area contributed by atoms with Crippen LogP contribution >= 0.6 is 0 Å². The highest BCUT2D eigenvalue weighted by molar-refractivity contribution is 5.93. The molecule has 0 fully saturated rings. The van der Waals surface area contributed by atoms with Gasteiger partial charge in [0, 0.05) is 12.0 Å². The largest absolute Gasteiger partial charge is 0.461 e. The van der Waals surface area contributed by atoms with Gasteiger partial charge in [0.1, 0.15) is 6.61 Å². The molecule has 0 radical (unpaired) electrons. The summed E-state index contributed by atoms with van der Waals surface area (Å²) >= 11 is 0. The summed E-state index contributed by atoms with van der Waals surface area (Å²) < 4.78 is 4.95. The van der Waals surface area contributed by atoms with E-state index in [4.69, 9.17) is 4.74 Å². The molecule has 0 spiro atoms. The molecule has 0 unspecified atom stereocenters. The smallest absolute Gasteiger partial charge is 0.305 e.